The van der Waals surface area contributed by atoms with Crippen LogP contribution in [0.1, 0.15) is 32.9 Å². The Morgan fingerprint density at radius 2 is 2.00 bits per heavy atom. The molecule has 5 nitrogen and oxygen atoms in total. The van der Waals surface area contributed by atoms with Crippen LogP contribution in [0.15, 0.2) is 24.3 Å². The third-order valence-corrected chi connectivity index (χ3v) is 4.19. The van der Waals surface area contributed by atoms with Crippen LogP contribution in [0.2, 0.25) is 0 Å². The van der Waals surface area contributed by atoms with Gasteiger partial charge in [-0.15, -0.1) is 11.3 Å². The average Bonchev–Trinajstić information content (AvgIpc) is 2.82. The Morgan fingerprint density at radius 3 is 2.59 bits per heavy atom. The first kappa shape index (κ1) is 16.1. The van der Waals surface area contributed by atoms with Crippen molar-refractivity contribution in [3.63, 3.8) is 0 Å². The van der Waals surface area contributed by atoms with Crippen LogP contribution in [-0.2, 0) is 11.2 Å². The van der Waals surface area contributed by atoms with Gasteiger partial charge in [-0.1, -0.05) is 12.1 Å². The number of amides is 1. The third kappa shape index (κ3) is 3.88. The number of carbonyl (C=O) groups is 2. The number of aromatic nitrogens is 1. The molecule has 1 aromatic heterocycles. The van der Waals surface area contributed by atoms with E-state index in [1.54, 1.807) is 19.1 Å². The molecule has 0 aliphatic rings. The maximum atomic E-state index is 12.9. The van der Waals surface area contributed by atoms with Gasteiger partial charge < -0.3 is 10.4 Å². The number of rotatable bonds is 5. The molecule has 0 fully saturated rings. The molecule has 2 aromatic rings. The number of hydrogen-bond donors (Lipinski definition) is 2. The first-order valence-electron chi connectivity index (χ1n) is 6.61. The number of carboxylic acids is 1. The lowest BCUT2D eigenvalue weighted by Gasteiger charge is -2.07. The third-order valence-electron chi connectivity index (χ3n) is 3.03. The molecular formula is C15H15FN2O3S. The molecule has 0 saturated heterocycles. The molecule has 1 aromatic carbocycles. The second-order valence-corrected chi connectivity index (χ2v) is 5.94. The fraction of sp³-hybridized carbons (Fsp3) is 0.267. The van der Waals surface area contributed by atoms with Crippen molar-refractivity contribution >= 4 is 23.2 Å². The fourth-order valence-corrected chi connectivity index (χ4v) is 2.84. The molecule has 1 atom stereocenters. The minimum Gasteiger partial charge on any atom is -0.480 e. The molecule has 1 unspecified atom stereocenters. The first-order valence-corrected chi connectivity index (χ1v) is 7.43. The highest BCUT2D eigenvalue weighted by Gasteiger charge is 2.20. The van der Waals surface area contributed by atoms with Crippen molar-refractivity contribution in [2.24, 2.45) is 0 Å². The van der Waals surface area contributed by atoms with Crippen molar-refractivity contribution in [3.05, 3.63) is 51.2 Å². The number of carbonyl (C=O) groups excluding carboxylic acids is 1. The predicted octanol–water partition coefficient (Wildman–Crippen LogP) is 2.38. The van der Waals surface area contributed by atoms with Gasteiger partial charge in [0.05, 0.1) is 10.7 Å². The van der Waals surface area contributed by atoms with Gasteiger partial charge in [-0.2, -0.15) is 0 Å². The highest BCUT2D eigenvalue weighted by molar-refractivity contribution is 7.13. The molecule has 0 aliphatic carbocycles. The predicted molar refractivity (Wildman–Crippen MR) is 80.6 cm³/mol. The number of aliphatic carboxylic acids is 1. The van der Waals surface area contributed by atoms with E-state index in [1.807, 2.05) is 0 Å². The number of halogens is 1. The second kappa shape index (κ2) is 6.65. The van der Waals surface area contributed by atoms with Crippen molar-refractivity contribution in [2.45, 2.75) is 26.3 Å². The zero-order chi connectivity index (χ0) is 16.3. The van der Waals surface area contributed by atoms with Gasteiger partial charge in [-0.25, -0.2) is 9.37 Å². The molecule has 22 heavy (non-hydrogen) atoms. The summed E-state index contributed by atoms with van der Waals surface area (Å²) in [5.74, 6) is -1.85. The molecule has 116 valence electrons. The summed E-state index contributed by atoms with van der Waals surface area (Å²) < 4.78 is 12.9. The van der Waals surface area contributed by atoms with Crippen LogP contribution < -0.4 is 5.32 Å². The Hall–Kier alpha value is -2.28. The first-order chi connectivity index (χ1) is 10.4. The van der Waals surface area contributed by atoms with E-state index in [1.165, 1.54) is 30.4 Å². The van der Waals surface area contributed by atoms with E-state index in [2.05, 4.69) is 10.3 Å². The summed E-state index contributed by atoms with van der Waals surface area (Å²) >= 11 is 1.21. The molecular weight excluding hydrogens is 307 g/mol. The van der Waals surface area contributed by atoms with Crippen molar-refractivity contribution in [2.75, 3.05) is 0 Å². The Morgan fingerprint density at radius 1 is 1.36 bits per heavy atom. The fourth-order valence-electron chi connectivity index (χ4n) is 1.84. The maximum Gasteiger partial charge on any atom is 0.325 e. The summed E-state index contributed by atoms with van der Waals surface area (Å²) in [5.41, 5.74) is 1.44. The second-order valence-electron chi connectivity index (χ2n) is 4.86. The van der Waals surface area contributed by atoms with Crippen molar-refractivity contribution < 1.29 is 19.1 Å². The van der Waals surface area contributed by atoms with E-state index >= 15 is 0 Å². The number of thiazole rings is 1. The van der Waals surface area contributed by atoms with E-state index in [9.17, 15) is 14.0 Å². The lowest BCUT2D eigenvalue weighted by atomic mass is 10.1. The monoisotopic (exact) mass is 322 g/mol. The van der Waals surface area contributed by atoms with E-state index < -0.39 is 17.9 Å². The van der Waals surface area contributed by atoms with Crippen LogP contribution >= 0.6 is 11.3 Å². The SMILES string of the molecule is Cc1nc(Cc2ccc(F)cc2)sc1C(=O)NC(C)C(=O)O. The highest BCUT2D eigenvalue weighted by Crippen LogP contribution is 2.21. The quantitative estimate of drug-likeness (QED) is 0.886. The van der Waals surface area contributed by atoms with Gasteiger partial charge in [0, 0.05) is 6.42 Å². The lowest BCUT2D eigenvalue weighted by Crippen LogP contribution is -2.38. The Labute approximate surface area is 130 Å². The summed E-state index contributed by atoms with van der Waals surface area (Å²) in [6.45, 7) is 3.10. The van der Waals surface area contributed by atoms with Crippen molar-refractivity contribution in [1.82, 2.24) is 10.3 Å². The number of benzene rings is 1. The van der Waals surface area contributed by atoms with E-state index in [-0.39, 0.29) is 5.82 Å². The van der Waals surface area contributed by atoms with Gasteiger partial charge in [0.25, 0.3) is 5.91 Å². The minimum atomic E-state index is -1.10. The Kier molecular flexibility index (Phi) is 4.87. The molecule has 0 aliphatic heterocycles. The number of nitrogens with one attached hydrogen (secondary N) is 1. The smallest absolute Gasteiger partial charge is 0.325 e. The molecule has 1 heterocycles. The summed E-state index contributed by atoms with van der Waals surface area (Å²) in [6, 6.07) is 5.11. The molecule has 1 amide bonds. The molecule has 2 rings (SSSR count). The molecule has 0 spiro atoms. The van der Waals surface area contributed by atoms with Crippen LogP contribution in [0.25, 0.3) is 0 Å². The highest BCUT2D eigenvalue weighted by atomic mass is 32.1. The number of carboxylic acid groups (broad SMARTS) is 1. The Bertz CT molecular complexity index is 697. The molecule has 0 bridgehead atoms. The van der Waals surface area contributed by atoms with Crippen LogP contribution in [-0.4, -0.2) is 28.0 Å². The van der Waals surface area contributed by atoms with Gasteiger partial charge in [0.2, 0.25) is 0 Å². The summed E-state index contributed by atoms with van der Waals surface area (Å²) in [6.07, 6.45) is 0.494. The Balaban J connectivity index is 2.12. The number of nitrogens with zero attached hydrogens (tertiary/aromatic N) is 1. The molecule has 0 saturated carbocycles. The average molecular weight is 322 g/mol. The zero-order valence-corrected chi connectivity index (χ0v) is 12.9. The molecule has 0 radical (unpaired) electrons. The summed E-state index contributed by atoms with van der Waals surface area (Å²) in [7, 11) is 0. The molecule has 2 N–H and O–H groups in total. The van der Waals surface area contributed by atoms with Crippen molar-refractivity contribution in [1.29, 1.82) is 0 Å². The number of aryl methyl sites for hydroxylation is 1. The van der Waals surface area contributed by atoms with Crippen LogP contribution in [0, 0.1) is 12.7 Å². The van der Waals surface area contributed by atoms with Gasteiger partial charge in [0.1, 0.15) is 16.7 Å². The van der Waals surface area contributed by atoms with Gasteiger partial charge in [-0.3, -0.25) is 9.59 Å². The summed E-state index contributed by atoms with van der Waals surface area (Å²) in [4.78, 5) is 27.5. The van der Waals surface area contributed by atoms with Crippen LogP contribution in [0.3, 0.4) is 0 Å². The van der Waals surface area contributed by atoms with E-state index in [0.717, 1.165) is 10.6 Å². The normalized spacial score (nSPS) is 12.0. The van der Waals surface area contributed by atoms with Gasteiger partial charge in [-0.05, 0) is 31.5 Å². The lowest BCUT2D eigenvalue weighted by molar-refractivity contribution is -0.138. The van der Waals surface area contributed by atoms with Crippen LogP contribution in [0.5, 0.6) is 0 Å². The van der Waals surface area contributed by atoms with E-state index in [0.29, 0.717) is 17.0 Å². The number of hydrogen-bond acceptors (Lipinski definition) is 4. The molecule has 7 heteroatoms. The topological polar surface area (TPSA) is 79.3 Å². The van der Waals surface area contributed by atoms with Gasteiger partial charge in [0.15, 0.2) is 0 Å². The van der Waals surface area contributed by atoms with Crippen LogP contribution in [0.4, 0.5) is 4.39 Å². The van der Waals surface area contributed by atoms with Gasteiger partial charge >= 0.3 is 5.97 Å². The minimum absolute atomic E-state index is 0.304. The summed E-state index contributed by atoms with van der Waals surface area (Å²) in [5, 5.41) is 11.9. The largest absolute Gasteiger partial charge is 0.480 e. The standard InChI is InChI=1S/C15H15FN2O3S/c1-8-13(14(19)18-9(2)15(20)21)22-12(17-8)7-10-3-5-11(16)6-4-10/h3-6,9H,7H2,1-2H3,(H,18,19)(H,20,21). The van der Waals surface area contributed by atoms with E-state index in [4.69, 9.17) is 5.11 Å². The zero-order valence-electron chi connectivity index (χ0n) is 12.1. The maximum absolute atomic E-state index is 12.9. The van der Waals surface area contributed by atoms with Crippen molar-refractivity contribution in [3.8, 4) is 0 Å².